The fraction of sp³-hybridized carbons (Fsp3) is 0.538. The van der Waals surface area contributed by atoms with E-state index in [-0.39, 0.29) is 11.7 Å². The molecule has 102 valence electrons. The third-order valence-corrected chi connectivity index (χ3v) is 2.87. The van der Waals surface area contributed by atoms with Crippen LogP contribution < -0.4 is 10.6 Å². The van der Waals surface area contributed by atoms with Crippen LogP contribution in [0.4, 0.5) is 18.9 Å². The molecule has 0 aliphatic carbocycles. The van der Waals surface area contributed by atoms with Crippen LogP contribution in [0.3, 0.4) is 0 Å². The number of hydrogen-bond acceptors (Lipinski definition) is 2. The van der Waals surface area contributed by atoms with Crippen molar-refractivity contribution in [2.75, 3.05) is 19.0 Å². The van der Waals surface area contributed by atoms with E-state index < -0.39 is 11.7 Å². The lowest BCUT2D eigenvalue weighted by Crippen LogP contribution is -2.22. The minimum atomic E-state index is -4.34. The van der Waals surface area contributed by atoms with E-state index in [9.17, 15) is 13.2 Å². The van der Waals surface area contributed by atoms with Gasteiger partial charge in [-0.05, 0) is 30.5 Å². The number of halogens is 3. The summed E-state index contributed by atoms with van der Waals surface area (Å²) in [7, 11) is 3.20. The second-order valence-corrected chi connectivity index (χ2v) is 4.62. The smallest absolute Gasteiger partial charge is 0.377 e. The number of hydrogen-bond donors (Lipinski definition) is 1. The summed E-state index contributed by atoms with van der Waals surface area (Å²) >= 11 is 0. The van der Waals surface area contributed by atoms with Gasteiger partial charge in [0.15, 0.2) is 0 Å². The van der Waals surface area contributed by atoms with Gasteiger partial charge in [-0.15, -0.1) is 0 Å². The molecule has 1 atom stereocenters. The molecule has 0 aliphatic rings. The quantitative estimate of drug-likeness (QED) is 0.901. The molecule has 1 unspecified atom stereocenters. The maximum atomic E-state index is 13.0. The average Bonchev–Trinajstić information content (AvgIpc) is 2.27. The Morgan fingerprint density at radius 2 is 1.89 bits per heavy atom. The third-order valence-electron chi connectivity index (χ3n) is 2.87. The first-order chi connectivity index (χ1) is 8.25. The molecule has 1 rings (SSSR count). The molecule has 0 radical (unpaired) electrons. The lowest BCUT2D eigenvalue weighted by molar-refractivity contribution is -0.137. The van der Waals surface area contributed by atoms with E-state index in [1.54, 1.807) is 20.2 Å². The van der Waals surface area contributed by atoms with Gasteiger partial charge in [0.1, 0.15) is 0 Å². The number of nitrogens with two attached hydrogens (primary N) is 1. The molecule has 0 aromatic heterocycles. The molecule has 0 saturated heterocycles. The summed E-state index contributed by atoms with van der Waals surface area (Å²) in [5.41, 5.74) is 5.97. The van der Waals surface area contributed by atoms with Crippen LogP contribution in [-0.2, 0) is 12.6 Å². The monoisotopic (exact) mass is 260 g/mol. The Kier molecular flexibility index (Phi) is 4.62. The molecular weight excluding hydrogens is 241 g/mol. The summed E-state index contributed by atoms with van der Waals surface area (Å²) in [6, 6.07) is 4.31. The van der Waals surface area contributed by atoms with E-state index >= 15 is 0 Å². The normalized spacial score (nSPS) is 13.5. The zero-order valence-corrected chi connectivity index (χ0v) is 10.9. The van der Waals surface area contributed by atoms with Crippen molar-refractivity contribution in [3.8, 4) is 0 Å². The molecule has 0 bridgehead atoms. The molecule has 2 N–H and O–H groups in total. The number of rotatable bonds is 4. The third kappa shape index (κ3) is 3.63. The second kappa shape index (κ2) is 5.61. The predicted octanol–water partition coefficient (Wildman–Crippen LogP) is 3.05. The highest BCUT2D eigenvalue weighted by molar-refractivity contribution is 5.55. The Labute approximate surface area is 106 Å². The van der Waals surface area contributed by atoms with E-state index in [1.807, 2.05) is 6.92 Å². The summed E-state index contributed by atoms with van der Waals surface area (Å²) < 4.78 is 38.9. The van der Waals surface area contributed by atoms with Crippen LogP contribution in [0.2, 0.25) is 0 Å². The van der Waals surface area contributed by atoms with E-state index in [2.05, 4.69) is 0 Å². The topological polar surface area (TPSA) is 29.3 Å². The lowest BCUT2D eigenvalue weighted by atomic mass is 10.0. The predicted molar refractivity (Wildman–Crippen MR) is 67.7 cm³/mol. The molecule has 18 heavy (non-hydrogen) atoms. The molecule has 0 aliphatic heterocycles. The first kappa shape index (κ1) is 14.8. The molecular formula is C13H19F3N2. The molecule has 0 heterocycles. The zero-order chi connectivity index (χ0) is 13.9. The van der Waals surface area contributed by atoms with Crippen molar-refractivity contribution < 1.29 is 13.2 Å². The standard InChI is InChI=1S/C13H19F3N2/c1-4-10(17)7-9-5-6-12(18(2)3)11(8-9)13(14,15)16/h5-6,8,10H,4,7,17H2,1-3H3. The Balaban J connectivity index is 3.14. The Hall–Kier alpha value is -1.23. The van der Waals surface area contributed by atoms with Crippen LogP contribution in [0.25, 0.3) is 0 Å². The summed E-state index contributed by atoms with van der Waals surface area (Å²) in [6.07, 6.45) is -3.13. The fourth-order valence-electron chi connectivity index (χ4n) is 1.77. The minimum absolute atomic E-state index is 0.101. The molecule has 0 saturated carbocycles. The van der Waals surface area contributed by atoms with Gasteiger partial charge in [0.2, 0.25) is 0 Å². The van der Waals surface area contributed by atoms with Crippen molar-refractivity contribution in [3.05, 3.63) is 29.3 Å². The van der Waals surface area contributed by atoms with Crippen LogP contribution >= 0.6 is 0 Å². The highest BCUT2D eigenvalue weighted by atomic mass is 19.4. The van der Waals surface area contributed by atoms with Gasteiger partial charge in [-0.1, -0.05) is 13.0 Å². The number of alkyl halides is 3. The summed E-state index contributed by atoms with van der Waals surface area (Å²) in [5.74, 6) is 0. The van der Waals surface area contributed by atoms with Crippen LogP contribution in [-0.4, -0.2) is 20.1 Å². The molecule has 0 fully saturated rings. The van der Waals surface area contributed by atoms with Gasteiger partial charge in [0.25, 0.3) is 0 Å². The second-order valence-electron chi connectivity index (χ2n) is 4.62. The van der Waals surface area contributed by atoms with Crippen molar-refractivity contribution in [1.29, 1.82) is 0 Å². The van der Waals surface area contributed by atoms with Gasteiger partial charge < -0.3 is 10.6 Å². The maximum absolute atomic E-state index is 13.0. The zero-order valence-electron chi connectivity index (χ0n) is 10.9. The highest BCUT2D eigenvalue weighted by Crippen LogP contribution is 2.36. The van der Waals surface area contributed by atoms with Crippen LogP contribution in [0, 0.1) is 0 Å². The molecule has 1 aromatic rings. The van der Waals surface area contributed by atoms with Gasteiger partial charge in [-0.2, -0.15) is 13.2 Å². The maximum Gasteiger partial charge on any atom is 0.418 e. The minimum Gasteiger partial charge on any atom is -0.377 e. The molecule has 1 aromatic carbocycles. The average molecular weight is 260 g/mol. The van der Waals surface area contributed by atoms with Crippen molar-refractivity contribution >= 4 is 5.69 Å². The molecule has 0 spiro atoms. The number of nitrogens with zero attached hydrogens (tertiary/aromatic N) is 1. The van der Waals surface area contributed by atoms with Gasteiger partial charge in [0, 0.05) is 25.8 Å². The van der Waals surface area contributed by atoms with Crippen molar-refractivity contribution in [2.24, 2.45) is 5.73 Å². The number of benzene rings is 1. The molecule has 2 nitrogen and oxygen atoms in total. The SMILES string of the molecule is CCC(N)Cc1ccc(N(C)C)c(C(F)(F)F)c1. The van der Waals surface area contributed by atoms with E-state index in [0.29, 0.717) is 12.0 Å². The van der Waals surface area contributed by atoms with Gasteiger partial charge in [-0.3, -0.25) is 0 Å². The Bertz CT molecular complexity index is 400. The molecule has 0 amide bonds. The van der Waals surface area contributed by atoms with Crippen molar-refractivity contribution in [1.82, 2.24) is 0 Å². The summed E-state index contributed by atoms with van der Waals surface area (Å²) in [4.78, 5) is 1.46. The van der Waals surface area contributed by atoms with E-state index in [1.165, 1.54) is 17.0 Å². The summed E-state index contributed by atoms with van der Waals surface area (Å²) in [5, 5.41) is 0. The number of anilines is 1. The summed E-state index contributed by atoms with van der Waals surface area (Å²) in [6.45, 7) is 1.92. The first-order valence-electron chi connectivity index (χ1n) is 5.88. The van der Waals surface area contributed by atoms with Gasteiger partial charge in [0.05, 0.1) is 5.56 Å². The van der Waals surface area contributed by atoms with Crippen LogP contribution in [0.5, 0.6) is 0 Å². The van der Waals surface area contributed by atoms with Gasteiger partial charge in [-0.25, -0.2) is 0 Å². The lowest BCUT2D eigenvalue weighted by Gasteiger charge is -2.20. The van der Waals surface area contributed by atoms with Crippen LogP contribution in [0.15, 0.2) is 18.2 Å². The van der Waals surface area contributed by atoms with Crippen molar-refractivity contribution in [3.63, 3.8) is 0 Å². The van der Waals surface area contributed by atoms with Crippen LogP contribution in [0.1, 0.15) is 24.5 Å². The van der Waals surface area contributed by atoms with Gasteiger partial charge >= 0.3 is 6.18 Å². The Morgan fingerprint density at radius 3 is 2.33 bits per heavy atom. The van der Waals surface area contributed by atoms with Crippen molar-refractivity contribution in [2.45, 2.75) is 32.0 Å². The first-order valence-corrected chi connectivity index (χ1v) is 5.88. The fourth-order valence-corrected chi connectivity index (χ4v) is 1.77. The van der Waals surface area contributed by atoms with E-state index in [0.717, 1.165) is 6.42 Å². The molecule has 5 heteroatoms. The largest absolute Gasteiger partial charge is 0.418 e. The van der Waals surface area contributed by atoms with E-state index in [4.69, 9.17) is 5.73 Å². The highest BCUT2D eigenvalue weighted by Gasteiger charge is 2.34. The Morgan fingerprint density at radius 1 is 1.28 bits per heavy atom.